The Balaban J connectivity index is 1.99. The molecule has 1 saturated carbocycles. The van der Waals surface area contributed by atoms with Crippen molar-refractivity contribution in [2.45, 2.75) is 59.2 Å². The van der Waals surface area contributed by atoms with Crippen LogP contribution < -0.4 is 0 Å². The maximum Gasteiger partial charge on any atom is 0.351 e. The summed E-state index contributed by atoms with van der Waals surface area (Å²) in [5.41, 5.74) is 0.308. The minimum absolute atomic E-state index is 0.0560. The molecule has 2 fully saturated rings. The summed E-state index contributed by atoms with van der Waals surface area (Å²) in [4.78, 5) is 37.0. The van der Waals surface area contributed by atoms with Crippen LogP contribution in [0.25, 0.3) is 0 Å². The number of ketones is 1. The number of fused-ring (bicyclic) bond motifs is 3. The van der Waals surface area contributed by atoms with Gasteiger partial charge in [0.1, 0.15) is 6.10 Å². The number of hydrogen-bond acceptors (Lipinski definition) is 5. The van der Waals surface area contributed by atoms with Crippen LogP contribution >= 0.6 is 0 Å². The third-order valence-electron chi connectivity index (χ3n) is 6.02. The van der Waals surface area contributed by atoms with Crippen LogP contribution in [0, 0.1) is 11.3 Å². The van der Waals surface area contributed by atoms with Crippen LogP contribution in [0.1, 0.15) is 47.5 Å². The third-order valence-corrected chi connectivity index (χ3v) is 6.02. The molecule has 1 saturated heterocycles. The van der Waals surface area contributed by atoms with Crippen molar-refractivity contribution in [3.05, 3.63) is 34.9 Å². The summed E-state index contributed by atoms with van der Waals surface area (Å²) in [6.45, 7) is 8.86. The molecule has 4 atom stereocenters. The number of hydrogen-bond donors (Lipinski definition) is 0. The Morgan fingerprint density at radius 2 is 2.04 bits per heavy atom. The lowest BCUT2D eigenvalue weighted by atomic mass is 9.61. The topological polar surface area (TPSA) is 69.7 Å². The highest BCUT2D eigenvalue weighted by Crippen LogP contribution is 2.54. The average molecular weight is 344 g/mol. The van der Waals surface area contributed by atoms with Gasteiger partial charge in [0.05, 0.1) is 5.92 Å². The van der Waals surface area contributed by atoms with Crippen molar-refractivity contribution in [1.29, 1.82) is 0 Å². The molecule has 0 aromatic carbocycles. The normalized spacial score (nSPS) is 37.6. The summed E-state index contributed by atoms with van der Waals surface area (Å²) >= 11 is 0. The fourth-order valence-electron chi connectivity index (χ4n) is 4.20. The summed E-state index contributed by atoms with van der Waals surface area (Å²) in [5, 5.41) is 0. The van der Waals surface area contributed by atoms with E-state index in [0.29, 0.717) is 17.6 Å². The molecule has 5 nitrogen and oxygen atoms in total. The number of carbonyl (C=O) groups is 3. The van der Waals surface area contributed by atoms with E-state index in [4.69, 9.17) is 9.47 Å². The smallest absolute Gasteiger partial charge is 0.351 e. The molecule has 0 N–H and O–H groups in total. The second-order valence-corrected chi connectivity index (χ2v) is 7.59. The molecule has 0 amide bonds. The Morgan fingerprint density at radius 1 is 1.36 bits per heavy atom. The Hall–Kier alpha value is -2.17. The van der Waals surface area contributed by atoms with Crippen LogP contribution in [0.2, 0.25) is 0 Å². The van der Waals surface area contributed by atoms with Gasteiger partial charge in [-0.2, -0.15) is 0 Å². The molecular formula is C20H24O5. The third kappa shape index (κ3) is 2.48. The summed E-state index contributed by atoms with van der Waals surface area (Å²) in [6.07, 6.45) is 6.10. The Morgan fingerprint density at radius 3 is 2.68 bits per heavy atom. The summed E-state index contributed by atoms with van der Waals surface area (Å²) in [6, 6.07) is 0. The molecule has 1 heterocycles. The number of rotatable bonds is 2. The molecule has 134 valence electrons. The molecule has 0 unspecified atom stereocenters. The van der Waals surface area contributed by atoms with Gasteiger partial charge >= 0.3 is 11.9 Å². The highest BCUT2D eigenvalue weighted by molar-refractivity contribution is 6.06. The van der Waals surface area contributed by atoms with Crippen molar-refractivity contribution in [3.63, 3.8) is 0 Å². The van der Waals surface area contributed by atoms with Crippen molar-refractivity contribution in [2.75, 3.05) is 0 Å². The van der Waals surface area contributed by atoms with E-state index in [1.165, 1.54) is 0 Å². The fraction of sp³-hybridized carbons (Fsp3) is 0.550. The zero-order valence-electron chi connectivity index (χ0n) is 15.3. The second-order valence-electron chi connectivity index (χ2n) is 7.59. The van der Waals surface area contributed by atoms with Crippen molar-refractivity contribution in [2.24, 2.45) is 11.3 Å². The molecule has 0 aromatic rings. The standard InChI is InChI=1S/C20H24O5/c1-6-11(2)17(22)25-20(5)13-7-9-19(4)10-8-14(21)12(3)15(19)16(13)24-18(20)23/h6,8,10,13,16H,7,9H2,1-5H3/b11-6-/t13-,16-,19-,20+/m1/s1. The van der Waals surface area contributed by atoms with Crippen LogP contribution in [0.3, 0.4) is 0 Å². The summed E-state index contributed by atoms with van der Waals surface area (Å²) in [7, 11) is 0. The second kappa shape index (κ2) is 5.68. The number of esters is 2. The van der Waals surface area contributed by atoms with E-state index in [2.05, 4.69) is 6.92 Å². The molecule has 3 aliphatic rings. The first kappa shape index (κ1) is 17.6. The van der Waals surface area contributed by atoms with Gasteiger partial charge < -0.3 is 9.47 Å². The molecule has 5 heteroatoms. The minimum atomic E-state index is -1.33. The van der Waals surface area contributed by atoms with Gasteiger partial charge in [0.15, 0.2) is 5.78 Å². The maximum atomic E-state index is 12.6. The Kier molecular flexibility index (Phi) is 4.01. The van der Waals surface area contributed by atoms with Gasteiger partial charge in [0, 0.05) is 16.6 Å². The molecule has 0 bridgehead atoms. The van der Waals surface area contributed by atoms with Gasteiger partial charge in [0.25, 0.3) is 0 Å². The average Bonchev–Trinajstić information content (AvgIpc) is 2.81. The van der Waals surface area contributed by atoms with Gasteiger partial charge in [-0.05, 0) is 52.2 Å². The van der Waals surface area contributed by atoms with E-state index in [1.54, 1.807) is 39.8 Å². The molecule has 0 radical (unpaired) electrons. The predicted molar refractivity (Wildman–Crippen MR) is 91.5 cm³/mol. The van der Waals surface area contributed by atoms with Crippen LogP contribution in [-0.2, 0) is 23.9 Å². The van der Waals surface area contributed by atoms with Gasteiger partial charge in [-0.25, -0.2) is 9.59 Å². The van der Waals surface area contributed by atoms with E-state index < -0.39 is 23.6 Å². The molecule has 3 rings (SSSR count). The van der Waals surface area contributed by atoms with Gasteiger partial charge in [-0.1, -0.05) is 19.1 Å². The molecule has 0 aromatic heterocycles. The van der Waals surface area contributed by atoms with Crippen LogP contribution in [0.4, 0.5) is 0 Å². The molecule has 25 heavy (non-hydrogen) atoms. The lowest BCUT2D eigenvalue weighted by molar-refractivity contribution is -0.170. The van der Waals surface area contributed by atoms with Crippen LogP contribution in [-0.4, -0.2) is 29.4 Å². The molecule has 0 spiro atoms. The van der Waals surface area contributed by atoms with Crippen molar-refractivity contribution in [3.8, 4) is 0 Å². The Labute approximate surface area is 147 Å². The van der Waals surface area contributed by atoms with Gasteiger partial charge in [-0.15, -0.1) is 0 Å². The first-order chi connectivity index (χ1) is 11.6. The van der Waals surface area contributed by atoms with E-state index in [0.717, 1.165) is 12.0 Å². The minimum Gasteiger partial charge on any atom is -0.454 e. The first-order valence-corrected chi connectivity index (χ1v) is 8.66. The zero-order chi connectivity index (χ0) is 18.6. The van der Waals surface area contributed by atoms with E-state index in [-0.39, 0.29) is 17.1 Å². The highest BCUT2D eigenvalue weighted by atomic mass is 16.6. The monoisotopic (exact) mass is 344 g/mol. The molecule has 1 aliphatic heterocycles. The molecular weight excluding hydrogens is 320 g/mol. The SMILES string of the molecule is C/C=C(/C)C(=O)O[C@]1(C)C(=O)O[C@H]2C3=C(C)C(=O)C=C[C@@]3(C)CC[C@H]21. The molecule has 2 aliphatic carbocycles. The fourth-order valence-corrected chi connectivity index (χ4v) is 4.20. The first-order valence-electron chi connectivity index (χ1n) is 8.66. The number of allylic oxidation sites excluding steroid dienone is 4. The maximum absolute atomic E-state index is 12.6. The van der Waals surface area contributed by atoms with Crippen molar-refractivity contribution < 1.29 is 23.9 Å². The predicted octanol–water partition coefficient (Wildman–Crippen LogP) is 3.05. The number of ether oxygens (including phenoxy) is 2. The van der Waals surface area contributed by atoms with Crippen LogP contribution in [0.5, 0.6) is 0 Å². The van der Waals surface area contributed by atoms with E-state index >= 15 is 0 Å². The quantitative estimate of drug-likeness (QED) is 0.569. The van der Waals surface area contributed by atoms with Gasteiger partial charge in [0.2, 0.25) is 5.60 Å². The highest BCUT2D eigenvalue weighted by Gasteiger charge is 2.62. The summed E-state index contributed by atoms with van der Waals surface area (Å²) < 4.78 is 11.3. The van der Waals surface area contributed by atoms with E-state index in [9.17, 15) is 14.4 Å². The van der Waals surface area contributed by atoms with Gasteiger partial charge in [-0.3, -0.25) is 4.79 Å². The zero-order valence-corrected chi connectivity index (χ0v) is 15.3. The lowest BCUT2D eigenvalue weighted by Gasteiger charge is -2.44. The number of carbonyl (C=O) groups excluding carboxylic acids is 3. The lowest BCUT2D eigenvalue weighted by Crippen LogP contribution is -2.48. The van der Waals surface area contributed by atoms with Crippen molar-refractivity contribution in [1.82, 2.24) is 0 Å². The van der Waals surface area contributed by atoms with Crippen molar-refractivity contribution >= 4 is 17.7 Å². The Bertz CT molecular complexity index is 756. The van der Waals surface area contributed by atoms with E-state index in [1.807, 2.05) is 6.08 Å². The summed E-state index contributed by atoms with van der Waals surface area (Å²) in [5.74, 6) is -1.39. The largest absolute Gasteiger partial charge is 0.454 e. The van der Waals surface area contributed by atoms with Crippen LogP contribution in [0.15, 0.2) is 34.9 Å².